The molecule has 3 atom stereocenters. The summed E-state index contributed by atoms with van der Waals surface area (Å²) in [5.41, 5.74) is 6.55. The number of unbranched alkanes of at least 4 members (excludes halogenated alkanes) is 2. The molecule has 3 unspecified atom stereocenters. The standard InChI is InChI=1S/C25H36N4O3/c1-3-4-5-6-21-15-28(16-24(31)27-12-11-19(14-27)17-30)25(32)23-13-22(26-29(21)23)20-9-7-18(2)8-10-20/h7-10,13,19,21-22,26,30H,3-6,11-12,14-17H2,1-2H3. The molecule has 3 aliphatic heterocycles. The van der Waals surface area contributed by atoms with E-state index < -0.39 is 0 Å². The Kier molecular flexibility index (Phi) is 7.16. The van der Waals surface area contributed by atoms with Crippen molar-refractivity contribution >= 4 is 11.8 Å². The van der Waals surface area contributed by atoms with Crippen LogP contribution in [0.25, 0.3) is 0 Å². The highest BCUT2D eigenvalue weighted by Crippen LogP contribution is 2.32. The van der Waals surface area contributed by atoms with Crippen LogP contribution in [0.4, 0.5) is 0 Å². The Morgan fingerprint density at radius 2 is 1.97 bits per heavy atom. The van der Waals surface area contributed by atoms with Gasteiger partial charge in [-0.25, -0.2) is 5.43 Å². The van der Waals surface area contributed by atoms with E-state index in [0.717, 1.165) is 37.7 Å². The van der Waals surface area contributed by atoms with Gasteiger partial charge in [0.25, 0.3) is 5.91 Å². The molecule has 7 heteroatoms. The maximum atomic E-state index is 13.3. The van der Waals surface area contributed by atoms with Gasteiger partial charge in [0.15, 0.2) is 0 Å². The van der Waals surface area contributed by atoms with Gasteiger partial charge in [-0.2, -0.15) is 0 Å². The van der Waals surface area contributed by atoms with Crippen LogP contribution < -0.4 is 5.43 Å². The molecule has 2 fully saturated rings. The van der Waals surface area contributed by atoms with Gasteiger partial charge >= 0.3 is 0 Å². The maximum absolute atomic E-state index is 13.3. The second-order valence-electron chi connectivity index (χ2n) is 9.45. The lowest BCUT2D eigenvalue weighted by molar-refractivity contribution is -0.142. The van der Waals surface area contributed by atoms with E-state index in [2.05, 4.69) is 48.5 Å². The number of aliphatic hydroxyl groups excluding tert-OH is 1. The van der Waals surface area contributed by atoms with Gasteiger partial charge in [-0.05, 0) is 31.4 Å². The molecule has 2 N–H and O–H groups in total. The molecule has 174 valence electrons. The van der Waals surface area contributed by atoms with E-state index in [-0.39, 0.29) is 43.0 Å². The molecule has 0 saturated carbocycles. The summed E-state index contributed by atoms with van der Waals surface area (Å²) in [6, 6.07) is 8.50. The molecule has 1 aromatic carbocycles. The predicted octanol–water partition coefficient (Wildman–Crippen LogP) is 2.37. The molecule has 0 aliphatic carbocycles. The first kappa shape index (κ1) is 22.8. The summed E-state index contributed by atoms with van der Waals surface area (Å²) in [7, 11) is 0. The van der Waals surface area contributed by atoms with Crippen LogP contribution in [0.5, 0.6) is 0 Å². The zero-order valence-electron chi connectivity index (χ0n) is 19.3. The van der Waals surface area contributed by atoms with E-state index in [1.54, 1.807) is 9.80 Å². The van der Waals surface area contributed by atoms with Crippen LogP contribution in [0.3, 0.4) is 0 Å². The van der Waals surface area contributed by atoms with Gasteiger partial charge in [0.2, 0.25) is 5.91 Å². The largest absolute Gasteiger partial charge is 0.396 e. The van der Waals surface area contributed by atoms with Crippen molar-refractivity contribution in [3.63, 3.8) is 0 Å². The Bertz CT molecular complexity index is 853. The first-order valence-electron chi connectivity index (χ1n) is 12.0. The molecule has 0 aromatic heterocycles. The lowest BCUT2D eigenvalue weighted by Gasteiger charge is -2.41. The van der Waals surface area contributed by atoms with E-state index >= 15 is 0 Å². The number of carbonyl (C=O) groups is 2. The van der Waals surface area contributed by atoms with E-state index in [1.807, 2.05) is 6.08 Å². The number of hydrazine groups is 1. The number of carbonyl (C=O) groups excluding carboxylic acids is 2. The molecule has 32 heavy (non-hydrogen) atoms. The second kappa shape index (κ2) is 10.0. The van der Waals surface area contributed by atoms with Crippen molar-refractivity contribution in [1.82, 2.24) is 20.2 Å². The van der Waals surface area contributed by atoms with Crippen LogP contribution in [0.15, 0.2) is 36.0 Å². The topological polar surface area (TPSA) is 76.1 Å². The first-order chi connectivity index (χ1) is 15.5. The zero-order valence-corrected chi connectivity index (χ0v) is 19.3. The quantitative estimate of drug-likeness (QED) is 0.607. The second-order valence-corrected chi connectivity index (χ2v) is 9.45. The third kappa shape index (κ3) is 4.84. The average Bonchev–Trinajstić information content (AvgIpc) is 3.45. The van der Waals surface area contributed by atoms with E-state index in [9.17, 15) is 14.7 Å². The lowest BCUT2D eigenvalue weighted by atomic mass is 10.0. The number of piperazine rings is 1. The number of aliphatic hydroxyl groups is 1. The molecule has 3 heterocycles. The summed E-state index contributed by atoms with van der Waals surface area (Å²) in [5.74, 6) is 0.0621. The van der Waals surface area contributed by atoms with Gasteiger partial charge in [0.1, 0.15) is 12.2 Å². The fraction of sp³-hybridized carbons (Fsp3) is 0.600. The number of likely N-dealkylation sites (tertiary alicyclic amines) is 1. The number of hydrogen-bond donors (Lipinski definition) is 2. The van der Waals surface area contributed by atoms with Crippen LogP contribution >= 0.6 is 0 Å². The summed E-state index contributed by atoms with van der Waals surface area (Å²) in [6.45, 7) is 6.29. The number of amides is 2. The highest BCUT2D eigenvalue weighted by atomic mass is 16.3. The SMILES string of the molecule is CCCCCC1CN(CC(=O)N2CCC(CO)C2)C(=O)C2=CC(c3ccc(C)cc3)NN21. The molecule has 0 spiro atoms. The molecule has 3 aliphatic rings. The van der Waals surface area contributed by atoms with E-state index in [4.69, 9.17) is 0 Å². The molecule has 2 saturated heterocycles. The van der Waals surface area contributed by atoms with Crippen LogP contribution in [0.2, 0.25) is 0 Å². The van der Waals surface area contributed by atoms with Crippen LogP contribution in [-0.4, -0.2) is 70.6 Å². The molecule has 0 bridgehead atoms. The summed E-state index contributed by atoms with van der Waals surface area (Å²) >= 11 is 0. The number of nitrogens with zero attached hydrogens (tertiary/aromatic N) is 3. The van der Waals surface area contributed by atoms with Crippen molar-refractivity contribution in [3.05, 3.63) is 47.2 Å². The molecule has 7 nitrogen and oxygen atoms in total. The third-order valence-electron chi connectivity index (χ3n) is 6.97. The van der Waals surface area contributed by atoms with Crippen molar-refractivity contribution in [1.29, 1.82) is 0 Å². The Labute approximate surface area is 191 Å². The van der Waals surface area contributed by atoms with E-state index in [0.29, 0.717) is 25.3 Å². The Morgan fingerprint density at radius 3 is 2.66 bits per heavy atom. The maximum Gasteiger partial charge on any atom is 0.271 e. The van der Waals surface area contributed by atoms with Crippen molar-refractivity contribution < 1.29 is 14.7 Å². The Morgan fingerprint density at radius 1 is 1.19 bits per heavy atom. The van der Waals surface area contributed by atoms with Gasteiger partial charge in [-0.1, -0.05) is 56.0 Å². The fourth-order valence-electron chi connectivity index (χ4n) is 4.95. The molecular formula is C25H36N4O3. The minimum Gasteiger partial charge on any atom is -0.396 e. The van der Waals surface area contributed by atoms with Crippen LogP contribution in [0.1, 0.15) is 56.2 Å². The number of fused-ring (bicyclic) bond motifs is 1. The van der Waals surface area contributed by atoms with Crippen molar-refractivity contribution in [2.75, 3.05) is 32.8 Å². The number of benzene rings is 1. The van der Waals surface area contributed by atoms with E-state index in [1.165, 1.54) is 5.56 Å². The molecule has 2 amide bonds. The molecule has 4 rings (SSSR count). The normalized spacial score (nSPS) is 25.3. The average molecular weight is 441 g/mol. The molecule has 0 radical (unpaired) electrons. The van der Waals surface area contributed by atoms with Crippen LogP contribution in [-0.2, 0) is 9.59 Å². The minimum absolute atomic E-state index is 0.0169. The lowest BCUT2D eigenvalue weighted by Crippen LogP contribution is -2.58. The van der Waals surface area contributed by atoms with Crippen molar-refractivity contribution in [3.8, 4) is 0 Å². The Hall–Kier alpha value is -2.38. The van der Waals surface area contributed by atoms with Gasteiger partial charge in [0, 0.05) is 32.2 Å². The zero-order chi connectivity index (χ0) is 22.7. The minimum atomic E-state index is -0.0786. The van der Waals surface area contributed by atoms with Gasteiger partial charge in [0.05, 0.1) is 12.1 Å². The fourth-order valence-corrected chi connectivity index (χ4v) is 4.95. The number of nitrogens with one attached hydrogen (secondary N) is 1. The van der Waals surface area contributed by atoms with Gasteiger partial charge in [-0.3, -0.25) is 14.6 Å². The summed E-state index contributed by atoms with van der Waals surface area (Å²) in [4.78, 5) is 29.8. The summed E-state index contributed by atoms with van der Waals surface area (Å²) < 4.78 is 0. The third-order valence-corrected chi connectivity index (χ3v) is 6.97. The highest BCUT2D eigenvalue weighted by Gasteiger charge is 2.41. The van der Waals surface area contributed by atoms with Crippen molar-refractivity contribution in [2.24, 2.45) is 5.92 Å². The predicted molar refractivity (Wildman–Crippen MR) is 123 cm³/mol. The van der Waals surface area contributed by atoms with Gasteiger partial charge in [-0.15, -0.1) is 0 Å². The summed E-state index contributed by atoms with van der Waals surface area (Å²) in [5, 5.41) is 11.4. The molecule has 1 aromatic rings. The molecular weight excluding hydrogens is 404 g/mol. The first-order valence-corrected chi connectivity index (χ1v) is 12.0. The smallest absolute Gasteiger partial charge is 0.271 e. The summed E-state index contributed by atoms with van der Waals surface area (Å²) in [6.07, 6.45) is 7.23. The monoisotopic (exact) mass is 440 g/mol. The van der Waals surface area contributed by atoms with Crippen LogP contribution in [0, 0.1) is 12.8 Å². The number of aryl methyl sites for hydroxylation is 1. The highest BCUT2D eigenvalue weighted by molar-refractivity contribution is 5.96. The van der Waals surface area contributed by atoms with Gasteiger partial charge < -0.3 is 14.9 Å². The van der Waals surface area contributed by atoms with Crippen molar-refractivity contribution in [2.45, 2.75) is 58.0 Å². The number of rotatable bonds is 8. The number of hydrogen-bond acceptors (Lipinski definition) is 5. The Balaban J connectivity index is 1.50.